The fourth-order valence-electron chi connectivity index (χ4n) is 3.36. The summed E-state index contributed by atoms with van der Waals surface area (Å²) in [5.74, 6) is -5.82. The Labute approximate surface area is 172 Å². The lowest BCUT2D eigenvalue weighted by molar-refractivity contribution is -0.120. The summed E-state index contributed by atoms with van der Waals surface area (Å²) in [5, 5.41) is 2.22. The van der Waals surface area contributed by atoms with Crippen molar-refractivity contribution in [1.29, 1.82) is 0 Å². The van der Waals surface area contributed by atoms with Gasteiger partial charge in [0.05, 0.1) is 18.7 Å². The maximum absolute atomic E-state index is 13.8. The quantitative estimate of drug-likeness (QED) is 0.720. The van der Waals surface area contributed by atoms with E-state index in [1.54, 1.807) is 19.1 Å². The summed E-state index contributed by atoms with van der Waals surface area (Å²) in [6.07, 6.45) is 0.778. The second-order valence-electron chi connectivity index (χ2n) is 7.07. The summed E-state index contributed by atoms with van der Waals surface area (Å²) < 4.78 is 73.0. The largest absolute Gasteiger partial charge is 0.495 e. The number of ether oxygens (including phenoxy) is 1. The summed E-state index contributed by atoms with van der Waals surface area (Å²) >= 11 is 0. The third-order valence-electron chi connectivity index (χ3n) is 4.98. The molecule has 10 heteroatoms. The van der Waals surface area contributed by atoms with Crippen LogP contribution in [0, 0.1) is 30.3 Å². The maximum atomic E-state index is 13.8. The first-order valence-corrected chi connectivity index (χ1v) is 10.7. The fourth-order valence-corrected chi connectivity index (χ4v) is 5.12. The van der Waals surface area contributed by atoms with Crippen LogP contribution >= 0.6 is 0 Å². The Morgan fingerprint density at radius 1 is 1.17 bits per heavy atom. The smallest absolute Gasteiger partial charge is 0.246 e. The van der Waals surface area contributed by atoms with Crippen LogP contribution in [-0.4, -0.2) is 38.8 Å². The van der Waals surface area contributed by atoms with Gasteiger partial charge in [0.2, 0.25) is 15.9 Å². The first-order valence-electron chi connectivity index (χ1n) is 9.24. The fraction of sp³-hybridized carbons (Fsp3) is 0.350. The number of amides is 1. The van der Waals surface area contributed by atoms with E-state index in [0.29, 0.717) is 18.9 Å². The van der Waals surface area contributed by atoms with Gasteiger partial charge in [-0.15, -0.1) is 0 Å². The molecule has 3 rings (SSSR count). The van der Waals surface area contributed by atoms with Crippen molar-refractivity contribution in [1.82, 2.24) is 4.31 Å². The number of piperidine rings is 1. The summed E-state index contributed by atoms with van der Waals surface area (Å²) in [5.41, 5.74) is 0.230. The molecule has 0 saturated carbocycles. The minimum atomic E-state index is -3.94. The summed E-state index contributed by atoms with van der Waals surface area (Å²) in [6, 6.07) is 6.40. The first-order chi connectivity index (χ1) is 14.1. The highest BCUT2D eigenvalue weighted by Gasteiger charge is 2.35. The van der Waals surface area contributed by atoms with Gasteiger partial charge in [0.25, 0.3) is 0 Å². The molecule has 1 saturated heterocycles. The molecule has 30 heavy (non-hydrogen) atoms. The Morgan fingerprint density at radius 3 is 2.60 bits per heavy atom. The SMILES string of the molecule is COc1ccc(C)cc1S(=O)(=O)N1CCC[C@@H](C(=O)Nc2ccc(F)c(F)c2F)C1. The zero-order valence-corrected chi connectivity index (χ0v) is 17.2. The predicted octanol–water partition coefficient (Wildman–Crippen LogP) is 3.46. The average Bonchev–Trinajstić information content (AvgIpc) is 2.74. The monoisotopic (exact) mass is 442 g/mol. The van der Waals surface area contributed by atoms with Crippen molar-refractivity contribution in [2.75, 3.05) is 25.5 Å². The average molecular weight is 442 g/mol. The standard InChI is InChI=1S/C20H21F3N2O4S/c1-12-5-8-16(29-2)17(10-12)30(27,28)25-9-3-4-13(11-25)20(26)24-15-7-6-14(21)18(22)19(15)23/h5-8,10,13H,3-4,9,11H2,1-2H3,(H,24,26)/t13-/m1/s1. The van der Waals surface area contributed by atoms with Crippen molar-refractivity contribution < 1.29 is 31.1 Å². The van der Waals surface area contributed by atoms with Crippen LogP contribution in [-0.2, 0) is 14.8 Å². The second kappa shape index (κ2) is 8.65. The van der Waals surface area contributed by atoms with Gasteiger partial charge in [-0.3, -0.25) is 4.79 Å². The lowest BCUT2D eigenvalue weighted by Crippen LogP contribution is -2.43. The Balaban J connectivity index is 1.81. The van der Waals surface area contributed by atoms with Crippen molar-refractivity contribution >= 4 is 21.6 Å². The highest BCUT2D eigenvalue weighted by Crippen LogP contribution is 2.31. The highest BCUT2D eigenvalue weighted by atomic mass is 32.2. The number of halogens is 3. The number of nitrogens with one attached hydrogen (secondary N) is 1. The molecule has 0 spiro atoms. The van der Waals surface area contributed by atoms with E-state index in [1.807, 2.05) is 0 Å². The molecule has 1 N–H and O–H groups in total. The Bertz CT molecular complexity index is 1080. The van der Waals surface area contributed by atoms with E-state index < -0.39 is 45.0 Å². The second-order valence-corrected chi connectivity index (χ2v) is 8.98. The molecule has 0 bridgehead atoms. The lowest BCUT2D eigenvalue weighted by Gasteiger charge is -2.31. The number of benzene rings is 2. The molecule has 0 aromatic heterocycles. The normalized spacial score (nSPS) is 17.6. The highest BCUT2D eigenvalue weighted by molar-refractivity contribution is 7.89. The topological polar surface area (TPSA) is 75.7 Å². The minimum absolute atomic E-state index is 0.00212. The van der Waals surface area contributed by atoms with Crippen LogP contribution < -0.4 is 10.1 Å². The van der Waals surface area contributed by atoms with E-state index in [2.05, 4.69) is 5.32 Å². The molecular formula is C20H21F3N2O4S. The van der Waals surface area contributed by atoms with Crippen LogP contribution in [0.25, 0.3) is 0 Å². The zero-order valence-electron chi connectivity index (χ0n) is 16.4. The van der Waals surface area contributed by atoms with Crippen molar-refractivity contribution in [3.63, 3.8) is 0 Å². The van der Waals surface area contributed by atoms with Crippen LogP contribution in [0.5, 0.6) is 5.75 Å². The van der Waals surface area contributed by atoms with E-state index in [1.165, 1.54) is 17.5 Å². The van der Waals surface area contributed by atoms with Crippen molar-refractivity contribution in [3.05, 3.63) is 53.3 Å². The van der Waals surface area contributed by atoms with Gasteiger partial charge in [-0.05, 0) is 49.6 Å². The Morgan fingerprint density at radius 2 is 1.90 bits per heavy atom. The number of aryl methyl sites for hydroxylation is 1. The molecule has 2 aromatic rings. The van der Waals surface area contributed by atoms with Crippen LogP contribution in [0.15, 0.2) is 35.2 Å². The molecule has 1 aliphatic rings. The van der Waals surface area contributed by atoms with Gasteiger partial charge < -0.3 is 10.1 Å². The van der Waals surface area contributed by atoms with Gasteiger partial charge in [-0.2, -0.15) is 4.31 Å². The first kappa shape index (κ1) is 22.1. The number of sulfonamides is 1. The molecule has 1 atom stereocenters. The number of hydrogen-bond donors (Lipinski definition) is 1. The number of carbonyl (C=O) groups is 1. The van der Waals surface area contributed by atoms with E-state index in [-0.39, 0.29) is 23.7 Å². The van der Waals surface area contributed by atoms with E-state index in [0.717, 1.165) is 11.6 Å². The predicted molar refractivity (Wildman–Crippen MR) is 104 cm³/mol. The Hall–Kier alpha value is -2.59. The molecule has 1 heterocycles. The van der Waals surface area contributed by atoms with Crippen LogP contribution in [0.4, 0.5) is 18.9 Å². The Kier molecular flexibility index (Phi) is 6.37. The van der Waals surface area contributed by atoms with Crippen LogP contribution in [0.3, 0.4) is 0 Å². The number of methoxy groups -OCH3 is 1. The van der Waals surface area contributed by atoms with E-state index in [9.17, 15) is 26.4 Å². The third-order valence-corrected chi connectivity index (χ3v) is 6.87. The summed E-state index contributed by atoms with van der Waals surface area (Å²) in [7, 11) is -2.57. The van der Waals surface area contributed by atoms with Crippen LogP contribution in [0.1, 0.15) is 18.4 Å². The molecule has 0 radical (unpaired) electrons. The molecule has 0 aliphatic carbocycles. The summed E-state index contributed by atoms with van der Waals surface area (Å²) in [6.45, 7) is 1.83. The molecule has 162 valence electrons. The number of anilines is 1. The van der Waals surface area contributed by atoms with Gasteiger partial charge in [0, 0.05) is 13.1 Å². The van der Waals surface area contributed by atoms with E-state index >= 15 is 0 Å². The number of hydrogen-bond acceptors (Lipinski definition) is 4. The third kappa shape index (κ3) is 4.29. The van der Waals surface area contributed by atoms with Gasteiger partial charge >= 0.3 is 0 Å². The number of rotatable bonds is 5. The van der Waals surface area contributed by atoms with Crippen molar-refractivity contribution in [3.8, 4) is 5.75 Å². The molecule has 0 unspecified atom stereocenters. The molecular weight excluding hydrogens is 421 g/mol. The van der Waals surface area contributed by atoms with Gasteiger partial charge in [-0.1, -0.05) is 6.07 Å². The maximum Gasteiger partial charge on any atom is 0.246 e. The minimum Gasteiger partial charge on any atom is -0.495 e. The number of carbonyl (C=O) groups excluding carboxylic acids is 1. The summed E-state index contributed by atoms with van der Waals surface area (Å²) in [4.78, 5) is 12.6. The van der Waals surface area contributed by atoms with Crippen molar-refractivity contribution in [2.45, 2.75) is 24.7 Å². The molecule has 1 aliphatic heterocycles. The van der Waals surface area contributed by atoms with E-state index in [4.69, 9.17) is 4.74 Å². The molecule has 2 aromatic carbocycles. The molecule has 6 nitrogen and oxygen atoms in total. The number of nitrogens with zero attached hydrogens (tertiary/aromatic N) is 1. The zero-order chi connectivity index (χ0) is 22.1. The van der Waals surface area contributed by atoms with Gasteiger partial charge in [0.1, 0.15) is 10.6 Å². The lowest BCUT2D eigenvalue weighted by atomic mass is 9.98. The van der Waals surface area contributed by atoms with Gasteiger partial charge in [0.15, 0.2) is 17.5 Å². The van der Waals surface area contributed by atoms with Gasteiger partial charge in [-0.25, -0.2) is 21.6 Å². The molecule has 1 fully saturated rings. The van der Waals surface area contributed by atoms with Crippen LogP contribution in [0.2, 0.25) is 0 Å². The van der Waals surface area contributed by atoms with Crippen molar-refractivity contribution in [2.24, 2.45) is 5.92 Å². The molecule has 1 amide bonds.